The molecule has 2 aromatic rings. The summed E-state index contributed by atoms with van der Waals surface area (Å²) < 4.78 is 1.80. The van der Waals surface area contributed by atoms with E-state index in [1.165, 1.54) is 5.40 Å². The van der Waals surface area contributed by atoms with E-state index in [2.05, 4.69) is 74.9 Å². The minimum atomic E-state index is -0.873. The second kappa shape index (κ2) is 26.9. The van der Waals surface area contributed by atoms with Crippen molar-refractivity contribution >= 4 is 37.0 Å². The van der Waals surface area contributed by atoms with E-state index in [9.17, 15) is 19.8 Å². The number of aliphatic carboxylic acids is 2. The summed E-state index contributed by atoms with van der Waals surface area (Å²) in [7, 11) is 12.8. The molecular weight excluding hydrogens is 957 g/mol. The van der Waals surface area contributed by atoms with Gasteiger partial charge in [0.1, 0.15) is 17.5 Å². The van der Waals surface area contributed by atoms with Gasteiger partial charge >= 0.3 is 54.1 Å². The quantitative estimate of drug-likeness (QED) is 0.0757. The second-order valence-corrected chi connectivity index (χ2v) is 12.1. The van der Waals surface area contributed by atoms with E-state index in [1.807, 2.05) is 24.3 Å². The number of hydrogen-bond acceptors (Lipinski definition) is 8. The van der Waals surface area contributed by atoms with Gasteiger partial charge in [-0.05, 0) is 62.8 Å². The van der Waals surface area contributed by atoms with Crippen LogP contribution in [0.3, 0.4) is 0 Å². The summed E-state index contributed by atoms with van der Waals surface area (Å²) >= 11 is 3.09. The van der Waals surface area contributed by atoms with Crippen LogP contribution in [0.1, 0.15) is 49.9 Å². The van der Waals surface area contributed by atoms with Crippen LogP contribution >= 0.6 is 12.6 Å². The molecule has 2 heterocycles. The van der Waals surface area contributed by atoms with Gasteiger partial charge < -0.3 is 19.2 Å². The Kier molecular flexibility index (Phi) is 28.2. The van der Waals surface area contributed by atoms with Crippen molar-refractivity contribution in [2.24, 2.45) is 9.98 Å². The van der Waals surface area contributed by atoms with Crippen molar-refractivity contribution in [2.45, 2.75) is 50.6 Å². The molecule has 0 bridgehead atoms. The minimum Gasteiger partial charge on any atom is -0.480 e. The number of thiocyanates is 1. The van der Waals surface area contributed by atoms with Crippen molar-refractivity contribution in [2.75, 3.05) is 55.4 Å². The molecule has 0 saturated heterocycles. The van der Waals surface area contributed by atoms with Gasteiger partial charge in [0.2, 0.25) is 0 Å². The molecule has 2 N–H and O–H groups in total. The zero-order valence-corrected chi connectivity index (χ0v) is 32.4. The number of aromatic nitrogens is 2. The molecule has 0 radical (unpaired) electrons. The number of carbonyl (C=O) groups is 2. The SMILES string of the molecule is C[N+](C)(C)CCCCC(N=Cc1ccccn1)C(=O)O.C[N+](C)(C)CCCCC(N=Cc1ccccn1)C(=O)O.N#CS.[Pt+4].[Pt+4]. The number of carboxylic acid groups (broad SMARTS) is 2. The number of rotatable bonds is 16. The standard InChI is InChI=1S/2C15H23N3O2.CHNS.2Pt/c2*1-18(2,3)11-7-5-9-14(15(19)20)17-12-13-8-4-6-10-16-13;2-1-3;;/h2*4,6,8,10,12,14H,5,7,9,11H2,1-3H3;3H;;/q;;;2*+4/p+2. The fraction of sp³-hybridized carbons (Fsp3) is 0.516. The Labute approximate surface area is 303 Å². The number of quaternary nitrogens is 2. The zero-order chi connectivity index (χ0) is 32.7. The number of unbranched alkanes of at least 4 members (excludes halogenated alkanes) is 2. The van der Waals surface area contributed by atoms with Crippen molar-refractivity contribution in [3.05, 3.63) is 60.2 Å². The van der Waals surface area contributed by atoms with Crippen molar-refractivity contribution in [1.82, 2.24) is 9.97 Å². The first-order valence-electron chi connectivity index (χ1n) is 14.2. The fourth-order valence-corrected chi connectivity index (χ4v) is 3.61. The Morgan fingerprint density at radius 1 is 0.778 bits per heavy atom. The van der Waals surface area contributed by atoms with E-state index in [1.54, 1.807) is 37.0 Å². The number of nitriles is 1. The van der Waals surface area contributed by atoms with Gasteiger partial charge in [-0.15, -0.1) is 0 Å². The monoisotopic (exact) mass is 1010 g/mol. The molecule has 0 spiro atoms. The molecule has 0 aliphatic carbocycles. The van der Waals surface area contributed by atoms with Crippen LogP contribution in [0.25, 0.3) is 0 Å². The molecule has 2 aromatic heterocycles. The van der Waals surface area contributed by atoms with Crippen LogP contribution in [-0.4, -0.2) is 121 Å². The molecule has 2 rings (SSSR count). The Hall–Kier alpha value is -2.28. The van der Waals surface area contributed by atoms with Gasteiger partial charge in [0.15, 0.2) is 0 Å². The van der Waals surface area contributed by atoms with Gasteiger partial charge in [-0.3, -0.25) is 20.0 Å². The van der Waals surface area contributed by atoms with Crippen LogP contribution < -0.4 is 0 Å². The third-order valence-corrected chi connectivity index (χ3v) is 5.83. The van der Waals surface area contributed by atoms with Crippen LogP contribution in [0.2, 0.25) is 0 Å². The topological polar surface area (TPSA) is 149 Å². The summed E-state index contributed by atoms with van der Waals surface area (Å²) in [6.07, 6.45) is 11.3. The number of hydrogen-bond donors (Lipinski definition) is 3. The predicted octanol–water partition coefficient (Wildman–Crippen LogP) is 4.05. The van der Waals surface area contributed by atoms with Crippen molar-refractivity contribution in [1.29, 1.82) is 5.26 Å². The van der Waals surface area contributed by atoms with Crippen LogP contribution in [0.5, 0.6) is 0 Å². The van der Waals surface area contributed by atoms with E-state index >= 15 is 0 Å². The Bertz CT molecular complexity index is 1070. The summed E-state index contributed by atoms with van der Waals surface area (Å²) in [5, 5.41) is 27.0. The first kappa shape index (κ1) is 47.1. The first-order valence-corrected chi connectivity index (χ1v) is 14.6. The van der Waals surface area contributed by atoms with Crippen LogP contribution in [-0.2, 0) is 51.7 Å². The van der Waals surface area contributed by atoms with Gasteiger partial charge in [-0.25, -0.2) is 9.59 Å². The van der Waals surface area contributed by atoms with E-state index in [0.717, 1.165) is 47.7 Å². The van der Waals surface area contributed by atoms with Crippen molar-refractivity contribution in [3.63, 3.8) is 0 Å². The summed E-state index contributed by atoms with van der Waals surface area (Å²) in [5.74, 6) is -1.75. The van der Waals surface area contributed by atoms with E-state index in [4.69, 9.17) is 5.26 Å². The van der Waals surface area contributed by atoms with Crippen LogP contribution in [0.15, 0.2) is 58.8 Å². The van der Waals surface area contributed by atoms with E-state index < -0.39 is 24.0 Å². The average molecular weight is 1010 g/mol. The maximum Gasteiger partial charge on any atom is 4.00 e. The summed E-state index contributed by atoms with van der Waals surface area (Å²) in [6, 6.07) is 9.59. The maximum absolute atomic E-state index is 11.2. The molecule has 2 atom stereocenters. The van der Waals surface area contributed by atoms with Crippen molar-refractivity contribution in [3.8, 4) is 5.40 Å². The maximum atomic E-state index is 11.2. The Balaban J connectivity index is -0.000000692. The van der Waals surface area contributed by atoms with E-state index in [0.29, 0.717) is 24.2 Å². The molecule has 0 aromatic carbocycles. The molecule has 45 heavy (non-hydrogen) atoms. The molecule has 0 aliphatic heterocycles. The summed E-state index contributed by atoms with van der Waals surface area (Å²) in [6.45, 7) is 2.08. The molecule has 11 nitrogen and oxygen atoms in total. The Morgan fingerprint density at radius 3 is 1.36 bits per heavy atom. The number of thiol groups is 1. The molecule has 0 saturated carbocycles. The molecule has 0 aliphatic rings. The van der Waals surface area contributed by atoms with Gasteiger partial charge in [0.25, 0.3) is 0 Å². The van der Waals surface area contributed by atoms with Crippen LogP contribution in [0, 0.1) is 10.7 Å². The molecule has 2 unspecified atom stereocenters. The van der Waals surface area contributed by atoms with Gasteiger partial charge in [0, 0.05) is 24.8 Å². The van der Waals surface area contributed by atoms with Gasteiger partial charge in [-0.2, -0.15) is 5.26 Å². The molecule has 14 heteroatoms. The summed E-state index contributed by atoms with van der Waals surface area (Å²) in [5.41, 5.74) is 1.37. The second-order valence-electron chi connectivity index (χ2n) is 11.9. The van der Waals surface area contributed by atoms with Crippen LogP contribution in [0.4, 0.5) is 0 Å². The molecule has 248 valence electrons. The third-order valence-electron chi connectivity index (χ3n) is 5.83. The van der Waals surface area contributed by atoms with E-state index in [-0.39, 0.29) is 42.1 Å². The number of aliphatic imine (C=N–C) groups is 2. The average Bonchev–Trinajstić information content (AvgIpc) is 2.92. The smallest absolute Gasteiger partial charge is 0.480 e. The number of pyridine rings is 2. The molecule has 0 fully saturated rings. The number of nitrogens with zero attached hydrogens (tertiary/aromatic N) is 7. The molecule has 0 amide bonds. The third kappa shape index (κ3) is 28.9. The number of carboxylic acids is 2. The van der Waals surface area contributed by atoms with Crippen molar-refractivity contribution < 1.29 is 70.9 Å². The normalized spacial score (nSPS) is 12.2. The predicted molar refractivity (Wildman–Crippen MR) is 175 cm³/mol. The fourth-order valence-electron chi connectivity index (χ4n) is 3.61. The largest absolute Gasteiger partial charge is 4.00 e. The van der Waals surface area contributed by atoms with Gasteiger partial charge in [0.05, 0.1) is 66.8 Å². The van der Waals surface area contributed by atoms with Gasteiger partial charge in [-0.1, -0.05) is 24.8 Å². The summed E-state index contributed by atoms with van der Waals surface area (Å²) in [4.78, 5) is 38.8. The first-order chi connectivity index (χ1) is 20.2. The Morgan fingerprint density at radius 2 is 1.11 bits per heavy atom. The molecular formula is C31H49N7O4Pt2S+10. The zero-order valence-electron chi connectivity index (χ0n) is 27.0. The minimum absolute atomic E-state index is 0.